The third-order valence-electron chi connectivity index (χ3n) is 11.9. The lowest BCUT2D eigenvalue weighted by Crippen LogP contribution is -2.55. The van der Waals surface area contributed by atoms with Crippen LogP contribution in [-0.4, -0.2) is 28.2 Å². The van der Waals surface area contributed by atoms with Crippen molar-refractivity contribution in [2.75, 3.05) is 0 Å². The maximum Gasteiger partial charge on any atom is 0.160 e. The monoisotopic (exact) mass is 456 g/mol. The average Bonchev–Trinajstić information content (AvgIpc) is 3.02. The van der Waals surface area contributed by atoms with E-state index in [1.54, 1.807) is 18.1 Å². The molecule has 3 nitrogen and oxygen atoms in total. The van der Waals surface area contributed by atoms with Crippen LogP contribution < -0.4 is 0 Å². The van der Waals surface area contributed by atoms with E-state index in [1.807, 2.05) is 0 Å². The van der Waals surface area contributed by atoms with Gasteiger partial charge in [0.25, 0.3) is 0 Å². The second kappa shape index (κ2) is 8.05. The van der Waals surface area contributed by atoms with Crippen LogP contribution in [0.15, 0.2) is 23.3 Å². The highest BCUT2D eigenvalue weighted by Crippen LogP contribution is 2.72. The minimum atomic E-state index is -0.595. The predicted molar refractivity (Wildman–Crippen MR) is 135 cm³/mol. The van der Waals surface area contributed by atoms with Gasteiger partial charge in [-0.25, -0.2) is 0 Å². The number of carbonyl (C=O) groups excluding carboxylic acids is 1. The van der Waals surface area contributed by atoms with Crippen molar-refractivity contribution in [2.24, 2.45) is 39.4 Å². The van der Waals surface area contributed by atoms with Gasteiger partial charge in [0.15, 0.2) is 5.78 Å². The second-order valence-electron chi connectivity index (χ2n) is 13.6. The van der Waals surface area contributed by atoms with Crippen LogP contribution >= 0.6 is 0 Å². The second-order valence-corrected chi connectivity index (χ2v) is 13.6. The maximum atomic E-state index is 12.2. The van der Waals surface area contributed by atoms with Crippen molar-refractivity contribution in [3.63, 3.8) is 0 Å². The van der Waals surface area contributed by atoms with Gasteiger partial charge in [-0.3, -0.25) is 4.79 Å². The highest BCUT2D eigenvalue weighted by atomic mass is 16.3. The number of hydrogen-bond acceptors (Lipinski definition) is 3. The fourth-order valence-corrected chi connectivity index (χ4v) is 9.38. The molecule has 3 heteroatoms. The van der Waals surface area contributed by atoms with Crippen molar-refractivity contribution in [3.8, 4) is 0 Å². The van der Waals surface area contributed by atoms with Gasteiger partial charge in [0.2, 0.25) is 0 Å². The van der Waals surface area contributed by atoms with Crippen LogP contribution in [0, 0.1) is 39.4 Å². The Morgan fingerprint density at radius 3 is 2.33 bits per heavy atom. The van der Waals surface area contributed by atoms with Gasteiger partial charge >= 0.3 is 0 Å². The molecule has 2 N–H and O–H groups in total. The number of ketones is 1. The minimum Gasteiger partial charge on any atom is -0.393 e. The van der Waals surface area contributed by atoms with E-state index in [2.05, 4.69) is 48.1 Å². The van der Waals surface area contributed by atoms with E-state index in [1.165, 1.54) is 19.3 Å². The van der Waals surface area contributed by atoms with Crippen molar-refractivity contribution in [1.29, 1.82) is 0 Å². The van der Waals surface area contributed by atoms with Crippen molar-refractivity contribution >= 4 is 5.78 Å². The first-order valence-electron chi connectivity index (χ1n) is 13.5. The van der Waals surface area contributed by atoms with E-state index in [9.17, 15) is 15.0 Å². The van der Waals surface area contributed by atoms with Gasteiger partial charge in [-0.05, 0) is 103 Å². The first-order chi connectivity index (χ1) is 15.2. The summed E-state index contributed by atoms with van der Waals surface area (Å²) in [6.07, 6.45) is 8.42. The zero-order valence-electron chi connectivity index (χ0n) is 22.3. The van der Waals surface area contributed by atoms with Gasteiger partial charge in [-0.1, -0.05) is 59.3 Å². The molecule has 2 saturated carbocycles. The molecule has 8 atom stereocenters. The van der Waals surface area contributed by atoms with Crippen molar-refractivity contribution in [3.05, 3.63) is 23.3 Å². The van der Waals surface area contributed by atoms with Gasteiger partial charge in [-0.2, -0.15) is 0 Å². The van der Waals surface area contributed by atoms with Gasteiger partial charge in [0, 0.05) is 6.42 Å². The molecule has 186 valence electrons. The van der Waals surface area contributed by atoms with E-state index < -0.39 is 6.10 Å². The predicted octanol–water partition coefficient (Wildman–Crippen LogP) is 6.63. The number of hydrogen-bond donors (Lipinski definition) is 2. The zero-order chi connectivity index (χ0) is 24.6. The van der Waals surface area contributed by atoms with Crippen molar-refractivity contribution in [1.82, 2.24) is 0 Å². The number of fused-ring (bicyclic) bond motifs is 4. The largest absolute Gasteiger partial charge is 0.393 e. The van der Waals surface area contributed by atoms with Crippen LogP contribution in [0.4, 0.5) is 0 Å². The summed E-state index contributed by atoms with van der Waals surface area (Å²) in [5.41, 5.74) is 4.51. The molecule has 4 aliphatic carbocycles. The summed E-state index contributed by atoms with van der Waals surface area (Å²) in [6, 6.07) is 0. The first kappa shape index (κ1) is 25.2. The van der Waals surface area contributed by atoms with Gasteiger partial charge < -0.3 is 10.2 Å². The molecule has 0 saturated heterocycles. The molecule has 3 unspecified atom stereocenters. The number of Topliss-reactive ketones (excluding diaryl/α,β-unsaturated/α-hetero) is 1. The lowest BCUT2D eigenvalue weighted by atomic mass is 9.43. The van der Waals surface area contributed by atoms with Gasteiger partial charge in [0.05, 0.1) is 12.2 Å². The number of rotatable bonds is 5. The highest BCUT2D eigenvalue weighted by Gasteiger charge is 2.63. The molecule has 0 aromatic heterocycles. The SMILES string of the molecule is C=C(C)C(=O)CC(O)C(C)[C@H]1CC[C@@]2(C)C3=C(CC[C@]12C)[C@@]1(C)CC[C@H](O)C(C)(C)C1CC3. The first-order valence-corrected chi connectivity index (χ1v) is 13.5. The molecule has 33 heavy (non-hydrogen) atoms. The summed E-state index contributed by atoms with van der Waals surface area (Å²) < 4.78 is 0. The molecule has 4 rings (SSSR count). The lowest BCUT2D eigenvalue weighted by molar-refractivity contribution is -0.119. The van der Waals surface area contributed by atoms with Gasteiger partial charge in [0.1, 0.15) is 0 Å². The van der Waals surface area contributed by atoms with E-state index >= 15 is 0 Å². The van der Waals surface area contributed by atoms with Crippen LogP contribution in [0.1, 0.15) is 106 Å². The number of allylic oxidation sites excluding steroid dienone is 3. The zero-order valence-corrected chi connectivity index (χ0v) is 22.3. The molecular formula is C30H48O3. The van der Waals surface area contributed by atoms with Crippen molar-refractivity contribution in [2.45, 2.75) is 118 Å². The lowest BCUT2D eigenvalue weighted by Gasteiger charge is -2.62. The van der Waals surface area contributed by atoms with Crippen LogP contribution in [0.2, 0.25) is 0 Å². The van der Waals surface area contributed by atoms with Crippen LogP contribution in [0.5, 0.6) is 0 Å². The molecule has 0 aromatic rings. The molecular weight excluding hydrogens is 408 g/mol. The molecule has 0 radical (unpaired) electrons. The molecule has 4 aliphatic rings. The normalized spacial score (nSPS) is 43.8. The quantitative estimate of drug-likeness (QED) is 0.361. The molecule has 2 fully saturated rings. The molecule has 0 heterocycles. The molecule has 0 amide bonds. The van der Waals surface area contributed by atoms with Gasteiger partial charge in [-0.15, -0.1) is 0 Å². The Morgan fingerprint density at radius 1 is 1.03 bits per heavy atom. The van der Waals surface area contributed by atoms with E-state index in [0.717, 1.165) is 32.1 Å². The molecule has 0 aromatic carbocycles. The van der Waals surface area contributed by atoms with E-state index in [0.29, 0.717) is 17.4 Å². The average molecular weight is 457 g/mol. The summed E-state index contributed by atoms with van der Waals surface area (Å²) >= 11 is 0. The summed E-state index contributed by atoms with van der Waals surface area (Å²) in [6.45, 7) is 19.8. The highest BCUT2D eigenvalue weighted by molar-refractivity contribution is 5.94. The summed E-state index contributed by atoms with van der Waals surface area (Å²) in [7, 11) is 0. The minimum absolute atomic E-state index is 0.0118. The Morgan fingerprint density at radius 2 is 1.70 bits per heavy atom. The Bertz CT molecular complexity index is 868. The fourth-order valence-electron chi connectivity index (χ4n) is 9.38. The third kappa shape index (κ3) is 3.46. The van der Waals surface area contributed by atoms with Crippen molar-refractivity contribution < 1.29 is 15.0 Å². The smallest absolute Gasteiger partial charge is 0.160 e. The van der Waals surface area contributed by atoms with Crippen LogP contribution in [0.3, 0.4) is 0 Å². The molecule has 0 bridgehead atoms. The molecule has 0 aliphatic heterocycles. The molecule has 0 spiro atoms. The van der Waals surface area contributed by atoms with Crippen LogP contribution in [0.25, 0.3) is 0 Å². The fraction of sp³-hybridized carbons (Fsp3) is 0.833. The number of aliphatic hydroxyl groups excluding tert-OH is 2. The number of carbonyl (C=O) groups is 1. The maximum absolute atomic E-state index is 12.2. The Labute approximate surface area is 202 Å². The standard InChI is InChI=1S/C30H48O3/c1-18(2)23(31)17-24(32)19(3)20-11-15-30(8)22-9-10-25-27(4,5)26(33)13-14-28(25,6)21(22)12-16-29(20,30)7/h19-20,24-26,32-33H,1,9-17H2,2-8H3/t19?,20-,24?,25?,26+,28-,29-,30+/m1/s1. The summed E-state index contributed by atoms with van der Waals surface area (Å²) in [5, 5.41) is 21.8. The Balaban J connectivity index is 1.65. The Kier molecular flexibility index (Phi) is 6.14. The van der Waals surface area contributed by atoms with E-state index in [-0.39, 0.29) is 45.9 Å². The topological polar surface area (TPSA) is 57.5 Å². The number of aliphatic hydroxyl groups is 2. The Hall–Kier alpha value is -0.930. The third-order valence-corrected chi connectivity index (χ3v) is 11.9. The van der Waals surface area contributed by atoms with E-state index in [4.69, 9.17) is 0 Å². The summed E-state index contributed by atoms with van der Waals surface area (Å²) in [5.74, 6) is 1.08. The summed E-state index contributed by atoms with van der Waals surface area (Å²) in [4.78, 5) is 12.2. The van der Waals surface area contributed by atoms with Crippen LogP contribution in [-0.2, 0) is 4.79 Å².